The number of carboxylic acids is 1. The molecule has 0 amide bonds. The molecule has 0 aliphatic heterocycles. The summed E-state index contributed by atoms with van der Waals surface area (Å²) in [6, 6.07) is 4.68. The van der Waals surface area contributed by atoms with Crippen LogP contribution in [0.5, 0.6) is 5.75 Å². The number of ether oxygens (including phenoxy) is 1. The highest BCUT2D eigenvalue weighted by molar-refractivity contribution is 5.74. The number of hydrogen-bond donors (Lipinski definition) is 2. The fourth-order valence-electron chi connectivity index (χ4n) is 1.34. The minimum absolute atomic E-state index is 0.131. The summed E-state index contributed by atoms with van der Waals surface area (Å²) in [5.41, 5.74) is 1.03. The molecule has 1 rings (SSSR count). The number of aliphatic carboxylic acids is 1. The van der Waals surface area contributed by atoms with Gasteiger partial charge >= 0.3 is 5.97 Å². The van der Waals surface area contributed by atoms with Crippen molar-refractivity contribution in [3.63, 3.8) is 0 Å². The Labute approximate surface area is 92.5 Å². The van der Waals surface area contributed by atoms with Gasteiger partial charge in [0.05, 0.1) is 18.7 Å². The standard InChI is InChI=1S/C11H11NO4/c1-6-8(5-12)3-7(4-9(6)16-2)10(13)11(14)15/h3-4,10,13H,1-2H3,(H,14,15). The first-order chi connectivity index (χ1) is 7.51. The van der Waals surface area contributed by atoms with Crippen molar-refractivity contribution >= 4 is 5.97 Å². The number of carbonyl (C=O) groups is 1. The number of benzene rings is 1. The Kier molecular flexibility index (Phi) is 3.48. The number of aliphatic hydroxyl groups is 1. The van der Waals surface area contributed by atoms with Gasteiger partial charge < -0.3 is 14.9 Å². The number of rotatable bonds is 3. The molecule has 1 atom stereocenters. The van der Waals surface area contributed by atoms with Crippen molar-refractivity contribution in [1.29, 1.82) is 5.26 Å². The monoisotopic (exact) mass is 221 g/mol. The predicted octanol–water partition coefficient (Wildman–Crippen LogP) is 0.993. The highest BCUT2D eigenvalue weighted by atomic mass is 16.5. The van der Waals surface area contributed by atoms with Gasteiger partial charge in [-0.2, -0.15) is 5.26 Å². The molecule has 0 radical (unpaired) electrons. The summed E-state index contributed by atoms with van der Waals surface area (Å²) < 4.78 is 5.00. The number of hydrogen-bond acceptors (Lipinski definition) is 4. The molecule has 84 valence electrons. The number of aliphatic hydroxyl groups excluding tert-OH is 1. The smallest absolute Gasteiger partial charge is 0.337 e. The SMILES string of the molecule is COc1cc(C(O)C(=O)O)cc(C#N)c1C. The van der Waals surface area contributed by atoms with Crippen LogP contribution >= 0.6 is 0 Å². The highest BCUT2D eigenvalue weighted by Crippen LogP contribution is 2.26. The van der Waals surface area contributed by atoms with E-state index in [-0.39, 0.29) is 11.1 Å². The molecule has 1 aromatic carbocycles. The molecule has 0 heterocycles. The van der Waals surface area contributed by atoms with E-state index in [1.54, 1.807) is 6.92 Å². The molecule has 0 aliphatic rings. The largest absolute Gasteiger partial charge is 0.496 e. The van der Waals surface area contributed by atoms with Crippen LogP contribution in [0.15, 0.2) is 12.1 Å². The summed E-state index contributed by atoms with van der Waals surface area (Å²) in [4.78, 5) is 10.6. The number of nitriles is 1. The van der Waals surface area contributed by atoms with Crippen LogP contribution in [0.2, 0.25) is 0 Å². The zero-order valence-corrected chi connectivity index (χ0v) is 8.89. The fourth-order valence-corrected chi connectivity index (χ4v) is 1.34. The van der Waals surface area contributed by atoms with Crippen LogP contribution in [0, 0.1) is 18.3 Å². The second-order valence-corrected chi connectivity index (χ2v) is 3.25. The predicted molar refractivity (Wildman–Crippen MR) is 55.0 cm³/mol. The van der Waals surface area contributed by atoms with Crippen molar-refractivity contribution < 1.29 is 19.7 Å². The minimum atomic E-state index is -1.65. The third kappa shape index (κ3) is 2.12. The normalized spacial score (nSPS) is 11.6. The molecule has 2 N–H and O–H groups in total. The van der Waals surface area contributed by atoms with E-state index in [2.05, 4.69) is 0 Å². The maximum Gasteiger partial charge on any atom is 0.337 e. The third-order valence-corrected chi connectivity index (χ3v) is 2.27. The Bertz CT molecular complexity index is 462. The summed E-state index contributed by atoms with van der Waals surface area (Å²) in [7, 11) is 1.42. The van der Waals surface area contributed by atoms with Gasteiger partial charge in [0, 0.05) is 5.56 Å². The van der Waals surface area contributed by atoms with Crippen molar-refractivity contribution in [2.24, 2.45) is 0 Å². The zero-order chi connectivity index (χ0) is 12.3. The molecule has 5 nitrogen and oxygen atoms in total. The Balaban J connectivity index is 3.34. The summed E-state index contributed by atoms with van der Waals surface area (Å²) in [6.07, 6.45) is -1.65. The molecular weight excluding hydrogens is 210 g/mol. The lowest BCUT2D eigenvalue weighted by Gasteiger charge is -2.11. The van der Waals surface area contributed by atoms with Gasteiger partial charge in [-0.3, -0.25) is 0 Å². The van der Waals surface area contributed by atoms with E-state index in [4.69, 9.17) is 15.1 Å². The molecule has 0 bridgehead atoms. The van der Waals surface area contributed by atoms with Crippen LogP contribution in [0.25, 0.3) is 0 Å². The lowest BCUT2D eigenvalue weighted by molar-refractivity contribution is -0.146. The molecule has 0 spiro atoms. The van der Waals surface area contributed by atoms with Gasteiger partial charge in [-0.05, 0) is 24.6 Å². The van der Waals surface area contributed by atoms with E-state index in [1.165, 1.54) is 19.2 Å². The number of carboxylic acid groups (broad SMARTS) is 1. The summed E-state index contributed by atoms with van der Waals surface area (Å²) in [5.74, 6) is -0.982. The molecular formula is C11H11NO4. The van der Waals surface area contributed by atoms with Crippen LogP contribution in [0.4, 0.5) is 0 Å². The summed E-state index contributed by atoms with van der Waals surface area (Å²) in [6.45, 7) is 1.69. The summed E-state index contributed by atoms with van der Waals surface area (Å²) in [5, 5.41) is 26.9. The van der Waals surface area contributed by atoms with Crippen molar-refractivity contribution in [2.45, 2.75) is 13.0 Å². The molecule has 16 heavy (non-hydrogen) atoms. The Morgan fingerprint density at radius 2 is 2.19 bits per heavy atom. The first-order valence-corrected chi connectivity index (χ1v) is 4.50. The van der Waals surface area contributed by atoms with Gasteiger partial charge in [-0.1, -0.05) is 0 Å². The molecule has 0 saturated carbocycles. The van der Waals surface area contributed by atoms with Gasteiger partial charge in [-0.15, -0.1) is 0 Å². The molecule has 0 saturated heterocycles. The van der Waals surface area contributed by atoms with Crippen molar-refractivity contribution in [1.82, 2.24) is 0 Å². The van der Waals surface area contributed by atoms with Crippen LogP contribution in [0.1, 0.15) is 22.8 Å². The fraction of sp³-hybridized carbons (Fsp3) is 0.273. The molecule has 0 aromatic heterocycles. The second kappa shape index (κ2) is 4.64. The van der Waals surface area contributed by atoms with Crippen molar-refractivity contribution in [2.75, 3.05) is 7.11 Å². The van der Waals surface area contributed by atoms with E-state index in [0.29, 0.717) is 11.3 Å². The Morgan fingerprint density at radius 1 is 1.56 bits per heavy atom. The third-order valence-electron chi connectivity index (χ3n) is 2.27. The topological polar surface area (TPSA) is 90.6 Å². The maximum absolute atomic E-state index is 10.6. The first-order valence-electron chi connectivity index (χ1n) is 4.50. The zero-order valence-electron chi connectivity index (χ0n) is 8.89. The molecule has 0 fully saturated rings. The minimum Gasteiger partial charge on any atom is -0.496 e. The number of methoxy groups -OCH3 is 1. The van der Waals surface area contributed by atoms with E-state index < -0.39 is 12.1 Å². The van der Waals surface area contributed by atoms with Crippen LogP contribution in [-0.2, 0) is 4.79 Å². The second-order valence-electron chi connectivity index (χ2n) is 3.25. The van der Waals surface area contributed by atoms with Gasteiger partial charge in [-0.25, -0.2) is 4.79 Å². The lowest BCUT2D eigenvalue weighted by atomic mass is 10.0. The van der Waals surface area contributed by atoms with Crippen LogP contribution in [-0.4, -0.2) is 23.3 Å². The first kappa shape index (κ1) is 12.0. The van der Waals surface area contributed by atoms with Gasteiger partial charge in [0.1, 0.15) is 5.75 Å². The lowest BCUT2D eigenvalue weighted by Crippen LogP contribution is -2.11. The van der Waals surface area contributed by atoms with E-state index in [9.17, 15) is 9.90 Å². The van der Waals surface area contributed by atoms with Crippen molar-refractivity contribution in [3.8, 4) is 11.8 Å². The Hall–Kier alpha value is -2.06. The molecule has 1 unspecified atom stereocenters. The maximum atomic E-state index is 10.6. The Morgan fingerprint density at radius 3 is 2.62 bits per heavy atom. The molecule has 5 heteroatoms. The van der Waals surface area contributed by atoms with Gasteiger partial charge in [0.15, 0.2) is 6.10 Å². The molecule has 1 aromatic rings. The van der Waals surface area contributed by atoms with Gasteiger partial charge in [0.25, 0.3) is 0 Å². The average molecular weight is 221 g/mol. The van der Waals surface area contributed by atoms with Crippen LogP contribution < -0.4 is 4.74 Å². The molecule has 0 aliphatic carbocycles. The number of nitrogens with zero attached hydrogens (tertiary/aromatic N) is 1. The summed E-state index contributed by atoms with van der Waals surface area (Å²) >= 11 is 0. The quantitative estimate of drug-likeness (QED) is 0.794. The highest BCUT2D eigenvalue weighted by Gasteiger charge is 2.19. The van der Waals surface area contributed by atoms with E-state index >= 15 is 0 Å². The van der Waals surface area contributed by atoms with E-state index in [0.717, 1.165) is 0 Å². The van der Waals surface area contributed by atoms with Gasteiger partial charge in [0.2, 0.25) is 0 Å². The average Bonchev–Trinajstić information content (AvgIpc) is 2.28. The van der Waals surface area contributed by atoms with Crippen molar-refractivity contribution in [3.05, 3.63) is 28.8 Å². The van der Waals surface area contributed by atoms with Crippen LogP contribution in [0.3, 0.4) is 0 Å². The van der Waals surface area contributed by atoms with E-state index in [1.807, 2.05) is 6.07 Å².